The second kappa shape index (κ2) is 4.99. The van der Waals surface area contributed by atoms with Crippen LogP contribution in [0.25, 0.3) is 10.9 Å². The molecular weight excluding hydrogens is 220 g/mol. The Morgan fingerprint density at radius 1 is 1.41 bits per heavy atom. The Hall–Kier alpha value is -1.85. The van der Waals surface area contributed by atoms with Crippen LogP contribution in [-0.2, 0) is 0 Å². The predicted octanol–water partition coefficient (Wildman–Crippen LogP) is 0.251. The summed E-state index contributed by atoms with van der Waals surface area (Å²) in [6, 6.07) is 9.32. The van der Waals surface area contributed by atoms with Crippen molar-refractivity contribution in [2.24, 2.45) is 0 Å². The smallest absolute Gasteiger partial charge is 0.267 e. The molecule has 1 amide bonds. The quantitative estimate of drug-likeness (QED) is 0.611. The number of hydrogen-bond acceptors (Lipinski definition) is 3. The average molecular weight is 234 g/mol. The minimum Gasteiger partial charge on any atom is -0.394 e. The molecule has 1 aromatic heterocycles. The van der Waals surface area contributed by atoms with E-state index in [0.717, 1.165) is 10.9 Å². The zero-order valence-electron chi connectivity index (χ0n) is 9.18. The van der Waals surface area contributed by atoms with Crippen LogP contribution in [0.2, 0.25) is 0 Å². The summed E-state index contributed by atoms with van der Waals surface area (Å²) < 4.78 is 0. The molecule has 0 spiro atoms. The van der Waals surface area contributed by atoms with Crippen LogP contribution in [0.3, 0.4) is 0 Å². The molecule has 5 nitrogen and oxygen atoms in total. The molecule has 17 heavy (non-hydrogen) atoms. The lowest BCUT2D eigenvalue weighted by Crippen LogP contribution is -2.34. The highest BCUT2D eigenvalue weighted by atomic mass is 16.3. The van der Waals surface area contributed by atoms with Gasteiger partial charge < -0.3 is 20.5 Å². The number of para-hydroxylation sites is 1. The number of carbonyl (C=O) groups excluding carboxylic acids is 1. The number of carbonyl (C=O) groups is 1. The maximum absolute atomic E-state index is 11.7. The lowest BCUT2D eigenvalue weighted by Gasteiger charge is -2.07. The normalized spacial score (nSPS) is 12.6. The molecule has 90 valence electrons. The van der Waals surface area contributed by atoms with Crippen LogP contribution in [0.1, 0.15) is 10.5 Å². The first-order valence-corrected chi connectivity index (χ1v) is 5.35. The van der Waals surface area contributed by atoms with Gasteiger partial charge >= 0.3 is 0 Å². The van der Waals surface area contributed by atoms with Crippen molar-refractivity contribution in [3.05, 3.63) is 36.0 Å². The van der Waals surface area contributed by atoms with Gasteiger partial charge in [0.05, 0.1) is 12.7 Å². The predicted molar refractivity (Wildman–Crippen MR) is 63.7 cm³/mol. The van der Waals surface area contributed by atoms with Crippen LogP contribution < -0.4 is 5.32 Å². The Kier molecular flexibility index (Phi) is 3.41. The summed E-state index contributed by atoms with van der Waals surface area (Å²) in [5, 5.41) is 21.2. The largest absolute Gasteiger partial charge is 0.394 e. The van der Waals surface area contributed by atoms with Crippen molar-refractivity contribution in [2.45, 2.75) is 6.10 Å². The van der Waals surface area contributed by atoms with E-state index < -0.39 is 6.10 Å². The zero-order valence-corrected chi connectivity index (χ0v) is 9.18. The minimum atomic E-state index is -0.927. The molecule has 4 N–H and O–H groups in total. The van der Waals surface area contributed by atoms with Gasteiger partial charge in [0.25, 0.3) is 5.91 Å². The molecule has 0 saturated carbocycles. The van der Waals surface area contributed by atoms with Gasteiger partial charge in [0.1, 0.15) is 5.69 Å². The number of aliphatic hydroxyl groups excluding tert-OH is 2. The fourth-order valence-corrected chi connectivity index (χ4v) is 1.57. The number of aromatic amines is 1. The molecule has 0 aliphatic rings. The van der Waals surface area contributed by atoms with Crippen molar-refractivity contribution < 1.29 is 15.0 Å². The molecule has 1 heterocycles. The number of H-pyrrole nitrogens is 1. The first-order chi connectivity index (χ1) is 8.20. The maximum Gasteiger partial charge on any atom is 0.267 e. The minimum absolute atomic E-state index is 0.0324. The van der Waals surface area contributed by atoms with E-state index in [1.165, 1.54) is 0 Å². The highest BCUT2D eigenvalue weighted by Crippen LogP contribution is 2.14. The van der Waals surface area contributed by atoms with E-state index in [1.807, 2.05) is 24.3 Å². The van der Waals surface area contributed by atoms with Crippen LogP contribution in [0.15, 0.2) is 30.3 Å². The standard InChI is InChI=1S/C12H14N2O3/c15-7-9(16)6-13-12(17)11-5-8-3-1-2-4-10(8)14-11/h1-5,9,14-16H,6-7H2,(H,13,17). The van der Waals surface area contributed by atoms with Crippen LogP contribution in [-0.4, -0.2) is 40.4 Å². The molecule has 2 rings (SSSR count). The van der Waals surface area contributed by atoms with Crippen LogP contribution in [0.4, 0.5) is 0 Å². The molecule has 5 heteroatoms. The molecule has 1 aromatic carbocycles. The molecule has 2 aromatic rings. The lowest BCUT2D eigenvalue weighted by molar-refractivity contribution is 0.0799. The number of amides is 1. The maximum atomic E-state index is 11.7. The van der Waals surface area contributed by atoms with E-state index in [0.29, 0.717) is 5.69 Å². The molecule has 0 fully saturated rings. The van der Waals surface area contributed by atoms with Crippen LogP contribution >= 0.6 is 0 Å². The van der Waals surface area contributed by atoms with Crippen LogP contribution in [0, 0.1) is 0 Å². The number of aromatic nitrogens is 1. The van der Waals surface area contributed by atoms with Crippen molar-refractivity contribution in [3.63, 3.8) is 0 Å². The van der Waals surface area contributed by atoms with E-state index >= 15 is 0 Å². The third-order valence-corrected chi connectivity index (χ3v) is 2.48. The number of rotatable bonds is 4. The van der Waals surface area contributed by atoms with Gasteiger partial charge in [-0.05, 0) is 12.1 Å². The zero-order chi connectivity index (χ0) is 12.3. The Morgan fingerprint density at radius 2 is 2.18 bits per heavy atom. The fraction of sp³-hybridized carbons (Fsp3) is 0.250. The highest BCUT2D eigenvalue weighted by Gasteiger charge is 2.10. The molecule has 1 unspecified atom stereocenters. The molecule has 0 saturated heterocycles. The number of benzene rings is 1. The number of fused-ring (bicyclic) bond motifs is 1. The number of nitrogens with one attached hydrogen (secondary N) is 2. The van der Waals surface area contributed by atoms with Crippen molar-refractivity contribution in [1.82, 2.24) is 10.3 Å². The van der Waals surface area contributed by atoms with E-state index in [9.17, 15) is 4.79 Å². The summed E-state index contributed by atoms with van der Waals surface area (Å²) in [6.45, 7) is -0.336. The summed E-state index contributed by atoms with van der Waals surface area (Å²) in [5.74, 6) is -0.298. The molecule has 0 aliphatic carbocycles. The molecule has 0 radical (unpaired) electrons. The van der Waals surface area contributed by atoms with Gasteiger partial charge in [-0.1, -0.05) is 18.2 Å². The van der Waals surface area contributed by atoms with Gasteiger partial charge in [-0.2, -0.15) is 0 Å². The van der Waals surface area contributed by atoms with E-state index in [1.54, 1.807) is 6.07 Å². The van der Waals surface area contributed by atoms with E-state index in [-0.39, 0.29) is 19.1 Å². The van der Waals surface area contributed by atoms with Crippen molar-refractivity contribution in [2.75, 3.05) is 13.2 Å². The second-order valence-corrected chi connectivity index (χ2v) is 3.82. The summed E-state index contributed by atoms with van der Waals surface area (Å²) >= 11 is 0. The van der Waals surface area contributed by atoms with Crippen LogP contribution in [0.5, 0.6) is 0 Å². The van der Waals surface area contributed by atoms with Crippen molar-refractivity contribution in [3.8, 4) is 0 Å². The fourth-order valence-electron chi connectivity index (χ4n) is 1.57. The van der Waals surface area contributed by atoms with Gasteiger partial charge in [0, 0.05) is 17.4 Å². The number of aliphatic hydroxyl groups is 2. The Morgan fingerprint density at radius 3 is 2.88 bits per heavy atom. The molecule has 0 aliphatic heterocycles. The van der Waals surface area contributed by atoms with Gasteiger partial charge in [0.15, 0.2) is 0 Å². The second-order valence-electron chi connectivity index (χ2n) is 3.82. The van der Waals surface area contributed by atoms with Gasteiger partial charge in [-0.3, -0.25) is 4.79 Å². The SMILES string of the molecule is O=C(NCC(O)CO)c1cc2ccccc2[nH]1. The Balaban J connectivity index is 2.08. The van der Waals surface area contributed by atoms with Gasteiger partial charge in [0.2, 0.25) is 0 Å². The first-order valence-electron chi connectivity index (χ1n) is 5.35. The van der Waals surface area contributed by atoms with Crippen molar-refractivity contribution in [1.29, 1.82) is 0 Å². The summed E-state index contributed by atoms with van der Waals surface area (Å²) in [7, 11) is 0. The third-order valence-electron chi connectivity index (χ3n) is 2.48. The van der Waals surface area contributed by atoms with Gasteiger partial charge in [-0.25, -0.2) is 0 Å². The molecular formula is C12H14N2O3. The molecule has 0 bridgehead atoms. The summed E-state index contributed by atoms with van der Waals surface area (Å²) in [4.78, 5) is 14.7. The Bertz CT molecular complexity index is 488. The van der Waals surface area contributed by atoms with E-state index in [4.69, 9.17) is 10.2 Å². The molecule has 1 atom stereocenters. The monoisotopic (exact) mass is 234 g/mol. The summed E-state index contributed by atoms with van der Waals surface area (Å²) in [5.41, 5.74) is 1.33. The first kappa shape index (κ1) is 11.6. The lowest BCUT2D eigenvalue weighted by atomic mass is 10.2. The van der Waals surface area contributed by atoms with Gasteiger partial charge in [-0.15, -0.1) is 0 Å². The van der Waals surface area contributed by atoms with Crippen molar-refractivity contribution >= 4 is 16.8 Å². The highest BCUT2D eigenvalue weighted by molar-refractivity contribution is 5.97. The average Bonchev–Trinajstić information content (AvgIpc) is 2.79. The van der Waals surface area contributed by atoms with E-state index in [2.05, 4.69) is 10.3 Å². The number of hydrogen-bond donors (Lipinski definition) is 4. The topological polar surface area (TPSA) is 85.3 Å². The Labute approximate surface area is 98.1 Å². The third kappa shape index (κ3) is 2.64. The summed E-state index contributed by atoms with van der Waals surface area (Å²) in [6.07, 6.45) is -0.927.